The summed E-state index contributed by atoms with van der Waals surface area (Å²) in [5.41, 5.74) is 2.37. The maximum atomic E-state index is 12.6. The minimum absolute atomic E-state index is 0.0408. The molecule has 0 bridgehead atoms. The molecule has 0 spiro atoms. The van der Waals surface area contributed by atoms with Gasteiger partial charge in [0.25, 0.3) is 5.56 Å². The largest absolute Gasteiger partial charge is 0.351 e. The maximum Gasteiger partial charge on any atom is 0.325 e. The second-order valence-electron chi connectivity index (χ2n) is 6.90. The zero-order valence-corrected chi connectivity index (χ0v) is 14.9. The van der Waals surface area contributed by atoms with E-state index in [1.54, 1.807) is 15.9 Å². The van der Waals surface area contributed by atoms with Crippen LogP contribution >= 0.6 is 0 Å². The van der Waals surface area contributed by atoms with Crippen molar-refractivity contribution in [2.24, 2.45) is 0 Å². The van der Waals surface area contributed by atoms with Crippen molar-refractivity contribution in [2.45, 2.75) is 25.3 Å². The first-order valence-electron chi connectivity index (χ1n) is 9.08. The van der Waals surface area contributed by atoms with Crippen LogP contribution in [0.5, 0.6) is 0 Å². The van der Waals surface area contributed by atoms with Gasteiger partial charge in [-0.05, 0) is 37.0 Å². The van der Waals surface area contributed by atoms with E-state index < -0.39 is 0 Å². The van der Waals surface area contributed by atoms with Gasteiger partial charge >= 0.3 is 6.03 Å². The van der Waals surface area contributed by atoms with E-state index in [2.05, 4.69) is 15.5 Å². The Bertz CT molecular complexity index is 911. The highest BCUT2D eigenvalue weighted by Crippen LogP contribution is 2.20. The van der Waals surface area contributed by atoms with Crippen LogP contribution in [0.1, 0.15) is 17.7 Å². The zero-order chi connectivity index (χ0) is 18.8. The molecule has 4 rings (SSSR count). The summed E-state index contributed by atoms with van der Waals surface area (Å²) in [5, 5.41) is 9.49. The number of aryl methyl sites for hydroxylation is 1. The number of hydrogen-bond acceptors (Lipinski definition) is 4. The van der Waals surface area contributed by atoms with E-state index in [1.165, 1.54) is 0 Å². The van der Waals surface area contributed by atoms with E-state index in [0.29, 0.717) is 25.9 Å². The molecule has 3 amide bonds. The fraction of sp³-hybridized carbons (Fsp3) is 0.368. The van der Waals surface area contributed by atoms with E-state index in [9.17, 15) is 14.4 Å². The number of nitrogens with zero attached hydrogens (tertiary/aromatic N) is 3. The quantitative estimate of drug-likeness (QED) is 0.830. The fourth-order valence-corrected chi connectivity index (χ4v) is 3.69. The van der Waals surface area contributed by atoms with Crippen LogP contribution in [0, 0.1) is 0 Å². The molecule has 0 saturated carbocycles. The molecule has 8 heteroatoms. The molecule has 1 aliphatic carbocycles. The highest BCUT2D eigenvalue weighted by atomic mass is 16.2. The number of fused-ring (bicyclic) bond motifs is 1. The number of amides is 3. The normalized spacial score (nSPS) is 19.1. The molecule has 140 valence electrons. The second-order valence-corrected chi connectivity index (χ2v) is 6.90. The van der Waals surface area contributed by atoms with Crippen molar-refractivity contribution in [1.82, 2.24) is 20.4 Å². The van der Waals surface area contributed by atoms with Crippen LogP contribution in [0.3, 0.4) is 0 Å². The van der Waals surface area contributed by atoms with Crippen LogP contribution < -0.4 is 15.8 Å². The Balaban J connectivity index is 1.34. The molecule has 2 N–H and O–H groups in total. The molecule has 27 heavy (non-hydrogen) atoms. The smallest absolute Gasteiger partial charge is 0.325 e. The predicted octanol–water partition coefficient (Wildman–Crippen LogP) is 0.686. The Hall–Kier alpha value is -3.16. The summed E-state index contributed by atoms with van der Waals surface area (Å²) in [6.45, 7) is 1.13. The zero-order valence-electron chi connectivity index (χ0n) is 14.9. The third kappa shape index (κ3) is 3.69. The van der Waals surface area contributed by atoms with Crippen LogP contribution in [0.15, 0.2) is 41.2 Å². The predicted molar refractivity (Wildman–Crippen MR) is 99.6 cm³/mol. The first-order valence-corrected chi connectivity index (χ1v) is 9.08. The molecule has 2 aromatic rings. The van der Waals surface area contributed by atoms with Gasteiger partial charge in [0.15, 0.2) is 0 Å². The van der Waals surface area contributed by atoms with Gasteiger partial charge in [0.05, 0.1) is 5.69 Å². The maximum absolute atomic E-state index is 12.6. The average molecular weight is 367 g/mol. The number of carbonyl (C=O) groups is 2. The van der Waals surface area contributed by atoms with Gasteiger partial charge in [0.1, 0.15) is 6.54 Å². The van der Waals surface area contributed by atoms with Gasteiger partial charge in [0.2, 0.25) is 5.91 Å². The Labute approximate surface area is 156 Å². The van der Waals surface area contributed by atoms with Gasteiger partial charge in [-0.3, -0.25) is 14.5 Å². The molecular formula is C19H21N5O3. The van der Waals surface area contributed by atoms with Crippen molar-refractivity contribution in [1.29, 1.82) is 0 Å². The molecule has 2 aliphatic rings. The Kier molecular flexibility index (Phi) is 4.62. The number of hydrogen-bond donors (Lipinski definition) is 2. The van der Waals surface area contributed by atoms with Crippen molar-refractivity contribution in [3.05, 3.63) is 58.0 Å². The highest BCUT2D eigenvalue weighted by molar-refractivity contribution is 5.96. The number of urea groups is 1. The van der Waals surface area contributed by atoms with Crippen molar-refractivity contribution < 1.29 is 9.59 Å². The van der Waals surface area contributed by atoms with Gasteiger partial charge in [-0.1, -0.05) is 18.2 Å². The Morgan fingerprint density at radius 2 is 2.04 bits per heavy atom. The van der Waals surface area contributed by atoms with Crippen molar-refractivity contribution in [3.63, 3.8) is 0 Å². The fourth-order valence-electron chi connectivity index (χ4n) is 3.69. The molecule has 1 saturated heterocycles. The monoisotopic (exact) mass is 367 g/mol. The lowest BCUT2D eigenvalue weighted by molar-refractivity contribution is -0.122. The number of rotatable bonds is 4. The standard InChI is InChI=1S/C19H21N5O3/c25-17-11-13-10-14(6-7-16(13)21-22-17)20-18(26)12-23-8-9-24(19(23)27)15-4-2-1-3-5-15/h1-5,11,14H,6-10,12H2,(H,20,26)(H,22,25). The van der Waals surface area contributed by atoms with E-state index in [4.69, 9.17) is 0 Å². The number of H-pyrrole nitrogens is 1. The molecule has 1 aromatic carbocycles. The summed E-state index contributed by atoms with van der Waals surface area (Å²) in [7, 11) is 0. The SMILES string of the molecule is O=C(CN1CCN(c2ccccc2)C1=O)NC1CCc2n[nH]c(=O)cc2C1. The number of nitrogens with one attached hydrogen (secondary N) is 2. The van der Waals surface area contributed by atoms with E-state index in [1.807, 2.05) is 30.3 Å². The Morgan fingerprint density at radius 1 is 1.22 bits per heavy atom. The average Bonchev–Trinajstić information content (AvgIpc) is 3.02. The first kappa shape index (κ1) is 17.3. The minimum Gasteiger partial charge on any atom is -0.351 e. The summed E-state index contributed by atoms with van der Waals surface area (Å²) >= 11 is 0. The van der Waals surface area contributed by atoms with Crippen molar-refractivity contribution >= 4 is 17.6 Å². The number of aromatic amines is 1. The molecule has 1 aliphatic heterocycles. The number of benzene rings is 1. The molecule has 1 fully saturated rings. The van der Waals surface area contributed by atoms with Crippen molar-refractivity contribution in [3.8, 4) is 0 Å². The number of anilines is 1. The topological polar surface area (TPSA) is 98.4 Å². The van der Waals surface area contributed by atoms with Gasteiger partial charge in [-0.2, -0.15) is 5.10 Å². The second kappa shape index (κ2) is 7.22. The van der Waals surface area contributed by atoms with E-state index in [-0.39, 0.29) is 30.1 Å². The third-order valence-corrected chi connectivity index (χ3v) is 5.04. The lowest BCUT2D eigenvalue weighted by atomic mass is 9.92. The molecule has 1 unspecified atom stereocenters. The number of para-hydroxylation sites is 1. The number of aromatic nitrogens is 2. The van der Waals surface area contributed by atoms with Gasteiger partial charge in [-0.15, -0.1) is 0 Å². The van der Waals surface area contributed by atoms with Gasteiger partial charge in [-0.25, -0.2) is 9.89 Å². The Morgan fingerprint density at radius 3 is 2.85 bits per heavy atom. The molecule has 0 radical (unpaired) electrons. The lowest BCUT2D eigenvalue weighted by Crippen LogP contribution is -2.45. The van der Waals surface area contributed by atoms with E-state index >= 15 is 0 Å². The molecule has 1 aromatic heterocycles. The van der Waals surface area contributed by atoms with Gasteiger partial charge in [0, 0.05) is 30.9 Å². The van der Waals surface area contributed by atoms with Crippen LogP contribution in [-0.4, -0.2) is 52.7 Å². The van der Waals surface area contributed by atoms with Crippen LogP contribution in [0.2, 0.25) is 0 Å². The summed E-state index contributed by atoms with van der Waals surface area (Å²) in [4.78, 5) is 39.7. The van der Waals surface area contributed by atoms with Crippen molar-refractivity contribution in [2.75, 3.05) is 24.5 Å². The van der Waals surface area contributed by atoms with E-state index in [0.717, 1.165) is 23.4 Å². The molecule has 1 atom stereocenters. The first-order chi connectivity index (χ1) is 13.1. The molecule has 2 heterocycles. The molecular weight excluding hydrogens is 346 g/mol. The van der Waals surface area contributed by atoms with Gasteiger partial charge < -0.3 is 10.2 Å². The minimum atomic E-state index is -0.232. The lowest BCUT2D eigenvalue weighted by Gasteiger charge is -2.25. The summed E-state index contributed by atoms with van der Waals surface area (Å²) in [5.74, 6) is -0.176. The van der Waals surface area contributed by atoms with Crippen LogP contribution in [0.25, 0.3) is 0 Å². The highest BCUT2D eigenvalue weighted by Gasteiger charge is 2.31. The molecule has 8 nitrogen and oxygen atoms in total. The summed E-state index contributed by atoms with van der Waals surface area (Å²) in [6, 6.07) is 10.8. The van der Waals surface area contributed by atoms with Crippen LogP contribution in [0.4, 0.5) is 10.5 Å². The summed E-state index contributed by atoms with van der Waals surface area (Å²) in [6.07, 6.45) is 2.06. The third-order valence-electron chi connectivity index (χ3n) is 5.04. The number of carbonyl (C=O) groups excluding carboxylic acids is 2. The van der Waals surface area contributed by atoms with Crippen LogP contribution in [-0.2, 0) is 17.6 Å². The summed E-state index contributed by atoms with van der Waals surface area (Å²) < 4.78 is 0.